The van der Waals surface area contributed by atoms with Gasteiger partial charge in [0.15, 0.2) is 0 Å². The number of carbonyl (C=O) groups is 1. The van der Waals surface area contributed by atoms with Gasteiger partial charge in [0.2, 0.25) is 0 Å². The first-order valence-electron chi connectivity index (χ1n) is 6.73. The van der Waals surface area contributed by atoms with Crippen molar-refractivity contribution in [3.63, 3.8) is 0 Å². The van der Waals surface area contributed by atoms with Crippen LogP contribution >= 0.6 is 0 Å². The maximum Gasteiger partial charge on any atom is 0.316 e. The highest BCUT2D eigenvalue weighted by Crippen LogP contribution is 2.25. The molecule has 1 aliphatic heterocycles. The van der Waals surface area contributed by atoms with Gasteiger partial charge in [0.25, 0.3) is 0 Å². The van der Waals surface area contributed by atoms with Gasteiger partial charge in [0, 0.05) is 27.4 Å². The molecule has 7 nitrogen and oxygen atoms in total. The topological polar surface area (TPSA) is 68.6 Å². The number of urea groups is 1. The normalized spacial score (nSPS) is 17.6. The van der Waals surface area contributed by atoms with E-state index in [2.05, 4.69) is 10.4 Å². The smallest absolute Gasteiger partial charge is 0.316 e. The zero-order valence-corrected chi connectivity index (χ0v) is 12.3. The van der Waals surface area contributed by atoms with Crippen LogP contribution < -0.4 is 5.32 Å². The maximum atomic E-state index is 11.6. The molecule has 0 saturated heterocycles. The Kier molecular flexibility index (Phi) is 4.97. The van der Waals surface area contributed by atoms with Crippen LogP contribution in [0, 0.1) is 0 Å². The lowest BCUT2D eigenvalue weighted by atomic mass is 10.1. The summed E-state index contributed by atoms with van der Waals surface area (Å²) in [5.74, 6) is 0. The molecule has 1 aromatic rings. The molecule has 0 fully saturated rings. The van der Waals surface area contributed by atoms with Crippen molar-refractivity contribution in [2.45, 2.75) is 19.1 Å². The Labute approximate surface area is 118 Å². The molecule has 1 unspecified atom stereocenters. The van der Waals surface area contributed by atoms with Crippen molar-refractivity contribution in [2.24, 2.45) is 0 Å². The Morgan fingerprint density at radius 2 is 2.45 bits per heavy atom. The molecule has 1 N–H and O–H groups in total. The van der Waals surface area contributed by atoms with Crippen LogP contribution in [0.25, 0.3) is 0 Å². The summed E-state index contributed by atoms with van der Waals surface area (Å²) >= 11 is 0. The van der Waals surface area contributed by atoms with E-state index < -0.39 is 0 Å². The molecule has 1 aromatic heterocycles. The zero-order chi connectivity index (χ0) is 14.5. The molecule has 7 heteroatoms. The number of methoxy groups -OCH3 is 1. The van der Waals surface area contributed by atoms with Crippen molar-refractivity contribution in [1.29, 1.82) is 0 Å². The average molecular weight is 282 g/mol. The van der Waals surface area contributed by atoms with Crippen molar-refractivity contribution in [1.82, 2.24) is 20.0 Å². The molecular formula is C13H22N4O3. The van der Waals surface area contributed by atoms with Crippen LogP contribution in [0.5, 0.6) is 0 Å². The van der Waals surface area contributed by atoms with Crippen molar-refractivity contribution in [2.75, 3.05) is 41.0 Å². The molecule has 0 saturated carbocycles. The summed E-state index contributed by atoms with van der Waals surface area (Å²) < 4.78 is 12.6. The van der Waals surface area contributed by atoms with E-state index in [4.69, 9.17) is 9.47 Å². The van der Waals surface area contributed by atoms with Crippen molar-refractivity contribution in [3.8, 4) is 0 Å². The third-order valence-electron chi connectivity index (χ3n) is 3.23. The maximum absolute atomic E-state index is 11.6. The van der Waals surface area contributed by atoms with Gasteiger partial charge in [-0.25, -0.2) is 4.79 Å². The second kappa shape index (κ2) is 6.71. The van der Waals surface area contributed by atoms with Crippen LogP contribution in [-0.2, 0) is 22.4 Å². The predicted molar refractivity (Wildman–Crippen MR) is 73.6 cm³/mol. The minimum atomic E-state index is -0.175. The molecule has 0 radical (unpaired) electrons. The summed E-state index contributed by atoms with van der Waals surface area (Å²) in [7, 11) is 5.09. The highest BCUT2D eigenvalue weighted by molar-refractivity contribution is 5.73. The monoisotopic (exact) mass is 282 g/mol. The standard InChI is InChI=1S/C13H22N4O3/c1-16(2)13(18)14-8-11-12-10(4-6-20-11)9-17(15-12)5-7-19-3/h9,11H,4-8H2,1-3H3,(H,14,18). The fourth-order valence-corrected chi connectivity index (χ4v) is 2.12. The molecule has 0 spiro atoms. The van der Waals surface area contributed by atoms with Crippen LogP contribution in [0.1, 0.15) is 17.4 Å². The molecule has 2 amide bonds. The summed E-state index contributed by atoms with van der Waals surface area (Å²) in [5.41, 5.74) is 2.11. The van der Waals surface area contributed by atoms with Gasteiger partial charge in [-0.1, -0.05) is 0 Å². The molecule has 2 heterocycles. The first kappa shape index (κ1) is 14.8. The van der Waals surface area contributed by atoms with Crippen LogP contribution in [0.15, 0.2) is 6.20 Å². The number of amides is 2. The Morgan fingerprint density at radius 1 is 1.65 bits per heavy atom. The number of rotatable bonds is 5. The number of nitrogens with one attached hydrogen (secondary N) is 1. The predicted octanol–water partition coefficient (Wildman–Crippen LogP) is 0.415. The van der Waals surface area contributed by atoms with E-state index in [1.807, 2.05) is 10.9 Å². The molecular weight excluding hydrogens is 260 g/mol. The highest BCUT2D eigenvalue weighted by atomic mass is 16.5. The van der Waals surface area contributed by atoms with Crippen LogP contribution in [0.4, 0.5) is 4.79 Å². The summed E-state index contributed by atoms with van der Waals surface area (Å²) in [4.78, 5) is 13.1. The minimum absolute atomic E-state index is 0.125. The quantitative estimate of drug-likeness (QED) is 0.849. The molecule has 1 aliphatic rings. The van der Waals surface area contributed by atoms with Crippen LogP contribution in [0.2, 0.25) is 0 Å². The van der Waals surface area contributed by atoms with Crippen LogP contribution in [-0.4, -0.2) is 61.7 Å². The molecule has 0 bridgehead atoms. The Hall–Kier alpha value is -1.60. The lowest BCUT2D eigenvalue weighted by Crippen LogP contribution is -2.38. The number of aromatic nitrogens is 2. The molecule has 2 rings (SSSR count). The van der Waals surface area contributed by atoms with E-state index in [0.29, 0.717) is 19.8 Å². The molecule has 0 aromatic carbocycles. The van der Waals surface area contributed by atoms with E-state index in [9.17, 15) is 4.79 Å². The summed E-state index contributed by atoms with van der Waals surface area (Å²) in [6.07, 6.45) is 2.73. The SMILES string of the molecule is COCCn1cc2c(n1)C(CNC(=O)N(C)C)OCC2. The largest absolute Gasteiger partial charge is 0.383 e. The van der Waals surface area contributed by atoms with Gasteiger partial charge >= 0.3 is 6.03 Å². The van der Waals surface area contributed by atoms with E-state index in [1.165, 1.54) is 10.5 Å². The summed E-state index contributed by atoms with van der Waals surface area (Å²) in [5, 5.41) is 7.37. The number of hydrogen-bond donors (Lipinski definition) is 1. The fraction of sp³-hybridized carbons (Fsp3) is 0.692. The molecule has 0 aliphatic carbocycles. The van der Waals surface area contributed by atoms with Gasteiger partial charge in [-0.15, -0.1) is 0 Å². The van der Waals surface area contributed by atoms with Gasteiger partial charge in [0.05, 0.1) is 32.0 Å². The first-order valence-corrected chi connectivity index (χ1v) is 6.73. The Morgan fingerprint density at radius 3 is 3.15 bits per heavy atom. The van der Waals surface area contributed by atoms with Gasteiger partial charge < -0.3 is 19.7 Å². The number of fused-ring (bicyclic) bond motifs is 1. The number of nitrogens with zero attached hydrogens (tertiary/aromatic N) is 3. The van der Waals surface area contributed by atoms with Crippen molar-refractivity contribution in [3.05, 3.63) is 17.5 Å². The number of ether oxygens (including phenoxy) is 2. The van der Waals surface area contributed by atoms with Crippen molar-refractivity contribution < 1.29 is 14.3 Å². The summed E-state index contributed by atoms with van der Waals surface area (Å²) in [6.45, 7) is 2.44. The molecule has 112 valence electrons. The lowest BCUT2D eigenvalue weighted by molar-refractivity contribution is 0.0404. The van der Waals surface area contributed by atoms with Gasteiger partial charge in [-0.2, -0.15) is 5.10 Å². The Bertz CT molecular complexity index is 458. The van der Waals surface area contributed by atoms with Gasteiger partial charge in [-0.3, -0.25) is 4.68 Å². The zero-order valence-electron chi connectivity index (χ0n) is 12.3. The minimum Gasteiger partial charge on any atom is -0.383 e. The molecule has 1 atom stereocenters. The fourth-order valence-electron chi connectivity index (χ4n) is 2.12. The lowest BCUT2D eigenvalue weighted by Gasteiger charge is -2.23. The highest BCUT2D eigenvalue weighted by Gasteiger charge is 2.25. The van der Waals surface area contributed by atoms with E-state index in [-0.39, 0.29) is 12.1 Å². The summed E-state index contributed by atoms with van der Waals surface area (Å²) in [6, 6.07) is -0.125. The second-order valence-electron chi connectivity index (χ2n) is 4.99. The van der Waals surface area contributed by atoms with E-state index >= 15 is 0 Å². The van der Waals surface area contributed by atoms with E-state index in [1.54, 1.807) is 21.2 Å². The third-order valence-corrected chi connectivity index (χ3v) is 3.23. The first-order chi connectivity index (χ1) is 9.61. The van der Waals surface area contributed by atoms with Crippen LogP contribution in [0.3, 0.4) is 0 Å². The molecule has 20 heavy (non-hydrogen) atoms. The van der Waals surface area contributed by atoms with Crippen molar-refractivity contribution >= 4 is 6.03 Å². The number of carbonyl (C=O) groups excluding carboxylic acids is 1. The van der Waals surface area contributed by atoms with Gasteiger partial charge in [0.1, 0.15) is 6.10 Å². The van der Waals surface area contributed by atoms with E-state index in [0.717, 1.165) is 18.7 Å². The number of hydrogen-bond acceptors (Lipinski definition) is 4. The second-order valence-corrected chi connectivity index (χ2v) is 4.99. The third kappa shape index (κ3) is 3.49. The van der Waals surface area contributed by atoms with Gasteiger partial charge in [-0.05, 0) is 12.0 Å². The Balaban J connectivity index is 2.00. The average Bonchev–Trinajstić information content (AvgIpc) is 2.85.